The maximum Gasteiger partial charge on any atom is 0.253 e. The third-order valence-corrected chi connectivity index (χ3v) is 5.93. The van der Waals surface area contributed by atoms with E-state index in [1.54, 1.807) is 0 Å². The summed E-state index contributed by atoms with van der Waals surface area (Å²) in [6.45, 7) is 5.04. The van der Waals surface area contributed by atoms with Gasteiger partial charge in [0.05, 0.1) is 5.69 Å². The molecule has 2 aliphatic rings. The average molecular weight is 375 g/mol. The molecule has 0 radical (unpaired) electrons. The summed E-state index contributed by atoms with van der Waals surface area (Å²) in [5, 5.41) is 4.79. The lowest BCUT2D eigenvalue weighted by Crippen LogP contribution is -2.49. The first-order valence-electron chi connectivity index (χ1n) is 10.2. The molecule has 1 aromatic carbocycles. The molecule has 1 aliphatic heterocycles. The second-order valence-electron chi connectivity index (χ2n) is 7.83. The Labute approximate surface area is 164 Å². The van der Waals surface area contributed by atoms with E-state index in [1.807, 2.05) is 53.0 Å². The van der Waals surface area contributed by atoms with Gasteiger partial charge in [-0.3, -0.25) is 4.79 Å². The molecule has 0 bridgehead atoms. The van der Waals surface area contributed by atoms with Crippen molar-refractivity contribution in [2.24, 2.45) is 0 Å². The molecule has 0 N–H and O–H groups in total. The van der Waals surface area contributed by atoms with E-state index in [0.717, 1.165) is 48.4 Å². The Morgan fingerprint density at radius 2 is 1.89 bits per heavy atom. The van der Waals surface area contributed by atoms with Gasteiger partial charge in [-0.15, -0.1) is 0 Å². The molecular formula is C22H25N5O. The zero-order valence-corrected chi connectivity index (χ0v) is 16.3. The predicted octanol–water partition coefficient (Wildman–Crippen LogP) is 2.88. The first kappa shape index (κ1) is 17.2. The fraction of sp³-hybridized carbons (Fsp3) is 0.409. The zero-order valence-electron chi connectivity index (χ0n) is 16.3. The van der Waals surface area contributed by atoms with Gasteiger partial charge >= 0.3 is 0 Å². The summed E-state index contributed by atoms with van der Waals surface area (Å²) in [6.07, 6.45) is 8.39. The number of nitrogens with zero attached hydrogens (tertiary/aromatic N) is 5. The number of benzene rings is 1. The second-order valence-corrected chi connectivity index (χ2v) is 7.83. The molecule has 3 heterocycles. The molecule has 1 fully saturated rings. The second kappa shape index (κ2) is 6.93. The Morgan fingerprint density at radius 3 is 2.71 bits per heavy atom. The first-order valence-corrected chi connectivity index (χ1v) is 10.2. The predicted molar refractivity (Wildman–Crippen MR) is 109 cm³/mol. The molecule has 28 heavy (non-hydrogen) atoms. The molecule has 0 saturated carbocycles. The first-order chi connectivity index (χ1) is 13.7. The van der Waals surface area contributed by atoms with Crippen LogP contribution in [0, 0.1) is 6.92 Å². The minimum atomic E-state index is 0.122. The standard InChI is InChI=1S/C22H25N5O/c1-16-5-4-6-17(15-16)22(28)26-13-11-25(12-14-26)21-20-18-7-2-3-8-19(18)24-27(20)10-9-23-21/h4-6,9-10,15H,2-3,7-8,11-14H2,1H3. The van der Waals surface area contributed by atoms with E-state index < -0.39 is 0 Å². The Kier molecular flexibility index (Phi) is 4.26. The van der Waals surface area contributed by atoms with Gasteiger partial charge in [0.2, 0.25) is 0 Å². The van der Waals surface area contributed by atoms with Crippen molar-refractivity contribution in [3.05, 3.63) is 59.0 Å². The van der Waals surface area contributed by atoms with Gasteiger partial charge in [0.25, 0.3) is 5.91 Å². The highest BCUT2D eigenvalue weighted by Crippen LogP contribution is 2.30. The van der Waals surface area contributed by atoms with Gasteiger partial charge < -0.3 is 9.80 Å². The minimum Gasteiger partial charge on any atom is -0.351 e. The summed E-state index contributed by atoms with van der Waals surface area (Å²) in [7, 11) is 0. The highest BCUT2D eigenvalue weighted by atomic mass is 16.2. The molecule has 5 rings (SSSR count). The van der Waals surface area contributed by atoms with Crippen LogP contribution in [-0.4, -0.2) is 51.6 Å². The SMILES string of the molecule is Cc1cccc(C(=O)N2CCN(c3nccn4nc5c(c34)CCCC5)CC2)c1. The van der Waals surface area contributed by atoms with Gasteiger partial charge in [0, 0.05) is 49.7 Å². The van der Waals surface area contributed by atoms with Crippen LogP contribution in [-0.2, 0) is 12.8 Å². The third kappa shape index (κ3) is 2.93. The van der Waals surface area contributed by atoms with Crippen LogP contribution in [0.15, 0.2) is 36.7 Å². The molecule has 6 heteroatoms. The number of aromatic nitrogens is 3. The molecule has 144 valence electrons. The molecule has 2 aromatic heterocycles. The van der Waals surface area contributed by atoms with E-state index in [2.05, 4.69) is 4.90 Å². The van der Waals surface area contributed by atoms with Crippen molar-refractivity contribution in [3.63, 3.8) is 0 Å². The molecule has 6 nitrogen and oxygen atoms in total. The molecule has 1 saturated heterocycles. The van der Waals surface area contributed by atoms with Crippen molar-refractivity contribution in [1.82, 2.24) is 19.5 Å². The van der Waals surface area contributed by atoms with Crippen LogP contribution in [0.2, 0.25) is 0 Å². The quantitative estimate of drug-likeness (QED) is 0.691. The van der Waals surface area contributed by atoms with Crippen molar-refractivity contribution in [1.29, 1.82) is 0 Å². The average Bonchev–Trinajstić information content (AvgIpc) is 3.12. The molecular weight excluding hydrogens is 350 g/mol. The summed E-state index contributed by atoms with van der Waals surface area (Å²) in [5.74, 6) is 1.14. The van der Waals surface area contributed by atoms with Crippen LogP contribution in [0.4, 0.5) is 5.82 Å². The fourth-order valence-corrected chi connectivity index (χ4v) is 4.46. The van der Waals surface area contributed by atoms with Crippen molar-refractivity contribution in [3.8, 4) is 0 Å². The molecule has 1 amide bonds. The smallest absolute Gasteiger partial charge is 0.253 e. The Morgan fingerprint density at radius 1 is 1.07 bits per heavy atom. The summed E-state index contributed by atoms with van der Waals surface area (Å²) < 4.78 is 2.00. The lowest BCUT2D eigenvalue weighted by Gasteiger charge is -2.35. The fourth-order valence-electron chi connectivity index (χ4n) is 4.46. The molecule has 0 unspecified atom stereocenters. The number of fused-ring (bicyclic) bond motifs is 3. The third-order valence-electron chi connectivity index (χ3n) is 5.93. The Hall–Kier alpha value is -2.89. The van der Waals surface area contributed by atoms with Crippen molar-refractivity contribution in [2.45, 2.75) is 32.6 Å². The van der Waals surface area contributed by atoms with Crippen LogP contribution in [0.25, 0.3) is 5.52 Å². The molecule has 0 spiro atoms. The largest absolute Gasteiger partial charge is 0.351 e. The number of anilines is 1. The van der Waals surface area contributed by atoms with E-state index in [9.17, 15) is 4.79 Å². The van der Waals surface area contributed by atoms with Crippen LogP contribution in [0.5, 0.6) is 0 Å². The Balaban J connectivity index is 1.37. The lowest BCUT2D eigenvalue weighted by molar-refractivity contribution is 0.0746. The summed E-state index contributed by atoms with van der Waals surface area (Å²) in [4.78, 5) is 21.8. The van der Waals surface area contributed by atoms with E-state index >= 15 is 0 Å². The number of rotatable bonds is 2. The van der Waals surface area contributed by atoms with E-state index in [4.69, 9.17) is 10.1 Å². The maximum atomic E-state index is 12.8. The van der Waals surface area contributed by atoms with Crippen LogP contribution < -0.4 is 4.90 Å². The van der Waals surface area contributed by atoms with Gasteiger partial charge in [-0.2, -0.15) is 5.10 Å². The number of hydrogen-bond acceptors (Lipinski definition) is 4. The van der Waals surface area contributed by atoms with E-state index in [-0.39, 0.29) is 5.91 Å². The minimum absolute atomic E-state index is 0.122. The summed E-state index contributed by atoms with van der Waals surface area (Å²) >= 11 is 0. The van der Waals surface area contributed by atoms with E-state index in [1.165, 1.54) is 24.1 Å². The van der Waals surface area contributed by atoms with Gasteiger partial charge in [-0.05, 0) is 44.7 Å². The van der Waals surface area contributed by atoms with E-state index in [0.29, 0.717) is 13.1 Å². The van der Waals surface area contributed by atoms with Crippen molar-refractivity contribution < 1.29 is 4.79 Å². The molecule has 3 aromatic rings. The topological polar surface area (TPSA) is 53.7 Å². The summed E-state index contributed by atoms with van der Waals surface area (Å²) in [5.41, 5.74) is 5.65. The number of aryl methyl sites for hydroxylation is 3. The highest BCUT2D eigenvalue weighted by molar-refractivity contribution is 5.94. The monoisotopic (exact) mass is 375 g/mol. The van der Waals surface area contributed by atoms with Gasteiger partial charge in [-0.25, -0.2) is 9.50 Å². The van der Waals surface area contributed by atoms with Crippen molar-refractivity contribution in [2.75, 3.05) is 31.1 Å². The van der Waals surface area contributed by atoms with Gasteiger partial charge in [0.1, 0.15) is 5.52 Å². The van der Waals surface area contributed by atoms with Crippen LogP contribution >= 0.6 is 0 Å². The highest BCUT2D eigenvalue weighted by Gasteiger charge is 2.26. The van der Waals surface area contributed by atoms with Crippen molar-refractivity contribution >= 4 is 17.2 Å². The van der Waals surface area contributed by atoms with Gasteiger partial charge in [-0.1, -0.05) is 17.7 Å². The van der Waals surface area contributed by atoms with Gasteiger partial charge in [0.15, 0.2) is 5.82 Å². The maximum absolute atomic E-state index is 12.8. The normalized spacial score (nSPS) is 17.0. The number of amides is 1. The molecule has 0 atom stereocenters. The van der Waals surface area contributed by atoms with Crippen LogP contribution in [0.1, 0.15) is 40.0 Å². The molecule has 1 aliphatic carbocycles. The lowest BCUT2D eigenvalue weighted by atomic mass is 9.97. The number of hydrogen-bond donors (Lipinski definition) is 0. The number of carbonyl (C=O) groups is 1. The van der Waals surface area contributed by atoms with Crippen LogP contribution in [0.3, 0.4) is 0 Å². The number of carbonyl (C=O) groups excluding carboxylic acids is 1. The Bertz CT molecular complexity index is 1030. The zero-order chi connectivity index (χ0) is 19.1. The summed E-state index contributed by atoms with van der Waals surface area (Å²) in [6, 6.07) is 7.84. The number of piperazine rings is 1.